The van der Waals surface area contributed by atoms with Gasteiger partial charge < -0.3 is 14.9 Å². The Kier molecular flexibility index (Phi) is 7.36. The second kappa shape index (κ2) is 7.36. The molecule has 8 heteroatoms. The molecular weight excluding hydrogens is 250 g/mol. The molecule has 0 aliphatic carbocycles. The summed E-state index contributed by atoms with van der Waals surface area (Å²) in [4.78, 5) is 18.2. The van der Waals surface area contributed by atoms with Crippen molar-refractivity contribution in [2.24, 2.45) is 0 Å². The fraction of sp³-hybridized carbons (Fsp3) is 1.00. The third-order valence-corrected chi connectivity index (χ3v) is 4.12. The van der Waals surface area contributed by atoms with E-state index in [0.717, 1.165) is 0 Å². The van der Waals surface area contributed by atoms with Gasteiger partial charge in [0.15, 0.2) is 0 Å². The first-order chi connectivity index (χ1) is 7.21. The summed E-state index contributed by atoms with van der Waals surface area (Å²) in [5, 5.41) is 3.07. The maximum absolute atomic E-state index is 10.4. The van der Waals surface area contributed by atoms with Crippen molar-refractivity contribution in [1.29, 1.82) is 0 Å². The van der Waals surface area contributed by atoms with E-state index in [-0.39, 0.29) is 5.75 Å². The first kappa shape index (κ1) is 16.0. The minimum absolute atomic E-state index is 0.201. The second-order valence-electron chi connectivity index (χ2n) is 4.06. The van der Waals surface area contributed by atoms with Gasteiger partial charge in [0.25, 0.3) is 10.1 Å². The summed E-state index contributed by atoms with van der Waals surface area (Å²) in [6.07, 6.45) is 1.80. The van der Waals surface area contributed by atoms with Crippen LogP contribution in [0.3, 0.4) is 0 Å². The molecular formula is C8H21NO5SSi. The highest BCUT2D eigenvalue weighted by Crippen LogP contribution is 2.02. The summed E-state index contributed by atoms with van der Waals surface area (Å²) in [7, 11) is -6.74. The van der Waals surface area contributed by atoms with Crippen LogP contribution in [-0.4, -0.2) is 50.0 Å². The van der Waals surface area contributed by atoms with Gasteiger partial charge in [0.1, 0.15) is 0 Å². The molecule has 4 N–H and O–H groups in total. The molecule has 6 nitrogen and oxygen atoms in total. The van der Waals surface area contributed by atoms with Crippen LogP contribution in [0, 0.1) is 0 Å². The van der Waals surface area contributed by atoms with Crippen LogP contribution < -0.4 is 5.32 Å². The molecule has 16 heavy (non-hydrogen) atoms. The normalized spacial score (nSPS) is 13.0. The molecule has 0 fully saturated rings. The average molecular weight is 271 g/mol. The van der Waals surface area contributed by atoms with Gasteiger partial charge in [-0.15, -0.1) is 0 Å². The van der Waals surface area contributed by atoms with Crippen LogP contribution in [0.5, 0.6) is 0 Å². The van der Waals surface area contributed by atoms with E-state index in [4.69, 9.17) is 14.1 Å². The minimum atomic E-state index is -3.83. The van der Waals surface area contributed by atoms with Crippen LogP contribution >= 0.6 is 0 Å². The summed E-state index contributed by atoms with van der Waals surface area (Å²) >= 11 is 0. The predicted molar refractivity (Wildman–Crippen MR) is 64.0 cm³/mol. The third-order valence-electron chi connectivity index (χ3n) is 2.01. The Balaban J connectivity index is 3.23. The van der Waals surface area contributed by atoms with Crippen molar-refractivity contribution in [2.75, 3.05) is 18.8 Å². The van der Waals surface area contributed by atoms with Crippen LogP contribution in [0.15, 0.2) is 0 Å². The van der Waals surface area contributed by atoms with Crippen molar-refractivity contribution >= 4 is 18.7 Å². The highest BCUT2D eigenvalue weighted by atomic mass is 32.2. The molecule has 0 aromatic rings. The highest BCUT2D eigenvalue weighted by molar-refractivity contribution is 7.85. The zero-order chi connectivity index (χ0) is 12.7. The first-order valence-electron chi connectivity index (χ1n) is 5.31. The fourth-order valence-corrected chi connectivity index (χ4v) is 2.62. The molecule has 0 atom stereocenters. The van der Waals surface area contributed by atoms with E-state index in [9.17, 15) is 8.42 Å². The summed E-state index contributed by atoms with van der Waals surface area (Å²) in [6, 6.07) is 0.436. The lowest BCUT2D eigenvalue weighted by atomic mass is 10.3. The number of rotatable bonds is 9. The molecule has 0 aliphatic heterocycles. The third kappa shape index (κ3) is 14.0. The van der Waals surface area contributed by atoms with E-state index in [0.29, 0.717) is 38.4 Å². The molecule has 0 aliphatic rings. The standard InChI is InChI=1S/C8H21NO5SSi/c1-16(13,14)8-4-6-9-5-2-3-7-15(10,11)12/h9,13-14H,2-8H2,1H3,(H,10,11,12). The molecule has 98 valence electrons. The van der Waals surface area contributed by atoms with Gasteiger partial charge in [0, 0.05) is 0 Å². The zero-order valence-electron chi connectivity index (χ0n) is 9.52. The van der Waals surface area contributed by atoms with Crippen LogP contribution in [-0.2, 0) is 10.1 Å². The van der Waals surface area contributed by atoms with Gasteiger partial charge in [-0.2, -0.15) is 8.42 Å². The lowest BCUT2D eigenvalue weighted by Crippen LogP contribution is -2.31. The van der Waals surface area contributed by atoms with E-state index in [1.54, 1.807) is 0 Å². The number of hydrogen-bond donors (Lipinski definition) is 4. The molecule has 0 unspecified atom stereocenters. The van der Waals surface area contributed by atoms with Crippen LogP contribution in [0.2, 0.25) is 12.6 Å². The fourth-order valence-electron chi connectivity index (χ4n) is 1.21. The Hall–Kier alpha value is 0.00688. The largest absolute Gasteiger partial charge is 0.411 e. The lowest BCUT2D eigenvalue weighted by Gasteiger charge is -2.11. The van der Waals surface area contributed by atoms with Crippen molar-refractivity contribution in [2.45, 2.75) is 31.9 Å². The number of nitrogens with one attached hydrogen (secondary N) is 1. The van der Waals surface area contributed by atoms with E-state index in [2.05, 4.69) is 5.32 Å². The maximum Gasteiger partial charge on any atom is 0.329 e. The molecule has 0 radical (unpaired) electrons. The minimum Gasteiger partial charge on any atom is -0.411 e. The topological polar surface area (TPSA) is 107 Å². The van der Waals surface area contributed by atoms with E-state index in [1.165, 1.54) is 6.55 Å². The van der Waals surface area contributed by atoms with Crippen molar-refractivity contribution < 1.29 is 22.6 Å². The van der Waals surface area contributed by atoms with Gasteiger partial charge in [0.05, 0.1) is 5.75 Å². The smallest absolute Gasteiger partial charge is 0.329 e. The second-order valence-corrected chi connectivity index (χ2v) is 8.57. The Labute approximate surface area is 97.7 Å². The van der Waals surface area contributed by atoms with E-state index < -0.39 is 18.7 Å². The Morgan fingerprint density at radius 2 is 1.69 bits per heavy atom. The Morgan fingerprint density at radius 1 is 1.12 bits per heavy atom. The lowest BCUT2D eigenvalue weighted by molar-refractivity contribution is 0.366. The van der Waals surface area contributed by atoms with E-state index >= 15 is 0 Å². The van der Waals surface area contributed by atoms with Crippen molar-refractivity contribution in [3.63, 3.8) is 0 Å². The number of hydrogen-bond acceptors (Lipinski definition) is 5. The summed E-state index contributed by atoms with van der Waals surface area (Å²) in [6.45, 7) is 2.83. The molecule has 0 amide bonds. The quantitative estimate of drug-likeness (QED) is 0.260. The predicted octanol–water partition coefficient (Wildman–Crippen LogP) is -0.309. The van der Waals surface area contributed by atoms with E-state index in [1.807, 2.05) is 0 Å². The molecule has 0 bridgehead atoms. The molecule has 0 saturated heterocycles. The SMILES string of the molecule is C[Si](O)(O)CCCNCCCCS(=O)(=O)O. The molecule has 0 heterocycles. The van der Waals surface area contributed by atoms with Gasteiger partial charge in [0.2, 0.25) is 0 Å². The van der Waals surface area contributed by atoms with Crippen LogP contribution in [0.4, 0.5) is 0 Å². The summed E-state index contributed by atoms with van der Waals surface area (Å²) in [5.74, 6) is -0.201. The Morgan fingerprint density at radius 3 is 2.19 bits per heavy atom. The molecule has 0 spiro atoms. The molecule has 0 aromatic heterocycles. The first-order valence-corrected chi connectivity index (χ1v) is 9.52. The van der Waals surface area contributed by atoms with Crippen molar-refractivity contribution in [3.8, 4) is 0 Å². The summed E-state index contributed by atoms with van der Waals surface area (Å²) in [5.41, 5.74) is 0. The summed E-state index contributed by atoms with van der Waals surface area (Å²) < 4.78 is 29.2. The van der Waals surface area contributed by atoms with Gasteiger partial charge in [-0.25, -0.2) is 0 Å². The van der Waals surface area contributed by atoms with Gasteiger partial charge in [-0.3, -0.25) is 4.55 Å². The zero-order valence-corrected chi connectivity index (χ0v) is 11.3. The van der Waals surface area contributed by atoms with Gasteiger partial charge in [-0.05, 0) is 44.9 Å². The maximum atomic E-state index is 10.4. The average Bonchev–Trinajstić information content (AvgIpc) is 2.06. The molecule has 0 saturated carbocycles. The highest BCUT2D eigenvalue weighted by Gasteiger charge is 2.19. The van der Waals surface area contributed by atoms with Crippen molar-refractivity contribution in [1.82, 2.24) is 5.32 Å². The van der Waals surface area contributed by atoms with Gasteiger partial charge >= 0.3 is 8.56 Å². The van der Waals surface area contributed by atoms with Crippen molar-refractivity contribution in [3.05, 3.63) is 0 Å². The molecule has 0 rings (SSSR count). The van der Waals surface area contributed by atoms with Crippen LogP contribution in [0.25, 0.3) is 0 Å². The number of unbranched alkanes of at least 4 members (excludes halogenated alkanes) is 1. The Bertz CT molecular complexity index is 275. The van der Waals surface area contributed by atoms with Crippen LogP contribution in [0.1, 0.15) is 19.3 Å². The van der Waals surface area contributed by atoms with Gasteiger partial charge in [-0.1, -0.05) is 0 Å². The molecule has 0 aromatic carbocycles. The monoisotopic (exact) mass is 271 g/mol.